The van der Waals surface area contributed by atoms with E-state index in [1.807, 2.05) is 0 Å². The fourth-order valence-electron chi connectivity index (χ4n) is 2.90. The second-order valence-electron chi connectivity index (χ2n) is 6.55. The van der Waals surface area contributed by atoms with E-state index in [-0.39, 0.29) is 11.8 Å². The third kappa shape index (κ3) is 6.67. The first-order chi connectivity index (χ1) is 13.0. The molecule has 0 aromatic heterocycles. The van der Waals surface area contributed by atoms with Crippen molar-refractivity contribution < 1.29 is 9.59 Å². The van der Waals surface area contributed by atoms with Crippen molar-refractivity contribution in [2.45, 2.75) is 45.4 Å². The predicted octanol–water partition coefficient (Wildman–Crippen LogP) is 6.64. The maximum Gasteiger partial charge on any atom is 0.260 e. The Morgan fingerprint density at radius 2 is 1.26 bits per heavy atom. The molecule has 0 aliphatic rings. The lowest BCUT2D eigenvalue weighted by Gasteiger charge is -2.21. The average Bonchev–Trinajstić information content (AvgIpc) is 2.66. The lowest BCUT2D eigenvalue weighted by molar-refractivity contribution is 0.0613. The Morgan fingerprint density at radius 3 is 1.74 bits per heavy atom. The van der Waals surface area contributed by atoms with Gasteiger partial charge >= 0.3 is 0 Å². The van der Waals surface area contributed by atoms with Crippen LogP contribution in [0.4, 0.5) is 0 Å². The predicted molar refractivity (Wildman–Crippen MR) is 112 cm³/mol. The highest BCUT2D eigenvalue weighted by molar-refractivity contribution is 6.31. The first-order valence-corrected chi connectivity index (χ1v) is 10.2. The number of nitrogens with zero attached hydrogens (tertiary/aromatic N) is 1. The third-order valence-corrected chi connectivity index (χ3v) is 4.84. The van der Waals surface area contributed by atoms with Crippen molar-refractivity contribution in [3.63, 3.8) is 0 Å². The van der Waals surface area contributed by atoms with Gasteiger partial charge in [-0.2, -0.15) is 0 Å². The van der Waals surface area contributed by atoms with E-state index >= 15 is 0 Å². The number of hydrogen-bond donors (Lipinski definition) is 0. The molecule has 0 spiro atoms. The Labute approximate surface area is 171 Å². The molecule has 0 heterocycles. The Morgan fingerprint density at radius 1 is 0.778 bits per heavy atom. The summed E-state index contributed by atoms with van der Waals surface area (Å²) in [5.41, 5.74) is 0.813. The van der Waals surface area contributed by atoms with Gasteiger partial charge in [-0.15, -0.1) is 0 Å². The SMILES string of the molecule is CCCCCCCCN(C(=O)c1cccc(Cl)c1)C(=O)c1cccc(Cl)c1. The molecule has 0 aliphatic carbocycles. The second-order valence-corrected chi connectivity index (χ2v) is 7.42. The van der Waals surface area contributed by atoms with Crippen molar-refractivity contribution in [1.82, 2.24) is 4.90 Å². The molecule has 0 bridgehead atoms. The molecule has 0 fully saturated rings. The van der Waals surface area contributed by atoms with E-state index in [0.717, 1.165) is 19.3 Å². The topological polar surface area (TPSA) is 37.4 Å². The monoisotopic (exact) mass is 405 g/mol. The molecule has 0 aliphatic heterocycles. The Bertz CT molecular complexity index is 719. The molecule has 2 amide bonds. The molecule has 2 aromatic carbocycles. The summed E-state index contributed by atoms with van der Waals surface area (Å²) in [4.78, 5) is 27.3. The summed E-state index contributed by atoms with van der Waals surface area (Å²) in [7, 11) is 0. The Kier molecular flexibility index (Phi) is 8.83. The van der Waals surface area contributed by atoms with Crippen molar-refractivity contribution in [2.75, 3.05) is 6.54 Å². The zero-order valence-electron chi connectivity index (χ0n) is 15.6. The maximum absolute atomic E-state index is 13.0. The molecule has 0 radical (unpaired) electrons. The molecule has 2 rings (SSSR count). The van der Waals surface area contributed by atoms with E-state index in [2.05, 4.69) is 6.92 Å². The number of carbonyl (C=O) groups is 2. The fourth-order valence-corrected chi connectivity index (χ4v) is 3.28. The van der Waals surface area contributed by atoms with Crippen molar-refractivity contribution >= 4 is 35.0 Å². The van der Waals surface area contributed by atoms with Crippen LogP contribution in [0.1, 0.15) is 66.2 Å². The van der Waals surface area contributed by atoms with Gasteiger partial charge < -0.3 is 0 Å². The zero-order chi connectivity index (χ0) is 19.6. The average molecular weight is 406 g/mol. The van der Waals surface area contributed by atoms with Crippen LogP contribution >= 0.6 is 23.2 Å². The number of carbonyl (C=O) groups excluding carboxylic acids is 2. The van der Waals surface area contributed by atoms with Crippen LogP contribution in [-0.2, 0) is 0 Å². The van der Waals surface area contributed by atoms with Crippen LogP contribution in [0.3, 0.4) is 0 Å². The van der Waals surface area contributed by atoms with Gasteiger partial charge in [0.1, 0.15) is 0 Å². The summed E-state index contributed by atoms with van der Waals surface area (Å²) >= 11 is 12.0. The van der Waals surface area contributed by atoms with Crippen LogP contribution in [0.5, 0.6) is 0 Å². The zero-order valence-corrected chi connectivity index (χ0v) is 17.1. The van der Waals surface area contributed by atoms with E-state index in [9.17, 15) is 9.59 Å². The van der Waals surface area contributed by atoms with Crippen LogP contribution < -0.4 is 0 Å². The summed E-state index contributed by atoms with van der Waals surface area (Å²) in [6, 6.07) is 13.4. The quantitative estimate of drug-likeness (QED) is 0.346. The van der Waals surface area contributed by atoms with Gasteiger partial charge in [0.15, 0.2) is 0 Å². The smallest absolute Gasteiger partial charge is 0.260 e. The molecule has 0 saturated carbocycles. The minimum Gasteiger partial charge on any atom is -0.274 e. The first-order valence-electron chi connectivity index (χ1n) is 9.40. The largest absolute Gasteiger partial charge is 0.274 e. The molecule has 0 atom stereocenters. The molecular formula is C22H25Cl2NO2. The number of rotatable bonds is 9. The minimum atomic E-state index is -0.337. The van der Waals surface area contributed by atoms with Crippen LogP contribution in [0.15, 0.2) is 48.5 Å². The highest BCUT2D eigenvalue weighted by atomic mass is 35.5. The number of hydrogen-bond acceptors (Lipinski definition) is 2. The van der Waals surface area contributed by atoms with Crippen LogP contribution in [0.2, 0.25) is 10.0 Å². The summed E-state index contributed by atoms with van der Waals surface area (Å²) < 4.78 is 0. The number of benzene rings is 2. The highest BCUT2D eigenvalue weighted by Gasteiger charge is 2.24. The number of amides is 2. The minimum absolute atomic E-state index is 0.337. The van der Waals surface area contributed by atoms with Gasteiger partial charge in [0.25, 0.3) is 11.8 Å². The van der Waals surface area contributed by atoms with Crippen LogP contribution in [0, 0.1) is 0 Å². The molecule has 3 nitrogen and oxygen atoms in total. The molecular weight excluding hydrogens is 381 g/mol. The van der Waals surface area contributed by atoms with Gasteiger partial charge in [-0.05, 0) is 42.8 Å². The van der Waals surface area contributed by atoms with Gasteiger partial charge in [0.05, 0.1) is 0 Å². The van der Waals surface area contributed by atoms with Crippen molar-refractivity contribution in [3.8, 4) is 0 Å². The van der Waals surface area contributed by atoms with Gasteiger partial charge in [0, 0.05) is 27.7 Å². The van der Waals surface area contributed by atoms with E-state index in [4.69, 9.17) is 23.2 Å². The van der Waals surface area contributed by atoms with E-state index in [1.54, 1.807) is 48.5 Å². The van der Waals surface area contributed by atoms with Crippen molar-refractivity contribution in [1.29, 1.82) is 0 Å². The fraction of sp³-hybridized carbons (Fsp3) is 0.364. The third-order valence-electron chi connectivity index (χ3n) is 4.37. The van der Waals surface area contributed by atoms with Gasteiger partial charge in [-0.25, -0.2) is 0 Å². The molecule has 2 aromatic rings. The molecule has 0 N–H and O–H groups in total. The van der Waals surface area contributed by atoms with Gasteiger partial charge in [-0.3, -0.25) is 14.5 Å². The van der Waals surface area contributed by atoms with E-state index in [1.165, 1.54) is 24.2 Å². The Hall–Kier alpha value is -1.84. The standard InChI is InChI=1S/C22H25Cl2NO2/c1-2-3-4-5-6-7-14-25(21(26)17-10-8-12-19(23)15-17)22(27)18-11-9-13-20(24)16-18/h8-13,15-16H,2-7,14H2,1H3. The lowest BCUT2D eigenvalue weighted by atomic mass is 10.1. The second kappa shape index (κ2) is 11.1. The molecule has 27 heavy (non-hydrogen) atoms. The lowest BCUT2D eigenvalue weighted by Crippen LogP contribution is -2.37. The molecule has 144 valence electrons. The van der Waals surface area contributed by atoms with E-state index < -0.39 is 0 Å². The number of halogens is 2. The maximum atomic E-state index is 13.0. The summed E-state index contributed by atoms with van der Waals surface area (Å²) in [6.45, 7) is 2.55. The summed E-state index contributed by atoms with van der Waals surface area (Å²) in [6.07, 6.45) is 6.46. The summed E-state index contributed by atoms with van der Waals surface area (Å²) in [5.74, 6) is -0.674. The Balaban J connectivity index is 2.14. The molecule has 0 saturated heterocycles. The molecule has 0 unspecified atom stereocenters. The number of unbranched alkanes of at least 4 members (excludes halogenated alkanes) is 5. The molecule has 5 heteroatoms. The van der Waals surface area contributed by atoms with Gasteiger partial charge in [-0.1, -0.05) is 74.4 Å². The van der Waals surface area contributed by atoms with Gasteiger partial charge in [0.2, 0.25) is 0 Å². The van der Waals surface area contributed by atoms with Crippen molar-refractivity contribution in [2.24, 2.45) is 0 Å². The van der Waals surface area contributed by atoms with Crippen LogP contribution in [0.25, 0.3) is 0 Å². The van der Waals surface area contributed by atoms with Crippen molar-refractivity contribution in [3.05, 3.63) is 69.7 Å². The van der Waals surface area contributed by atoms with Crippen LogP contribution in [-0.4, -0.2) is 23.3 Å². The van der Waals surface area contributed by atoms with E-state index in [0.29, 0.717) is 27.7 Å². The normalized spacial score (nSPS) is 10.6. The number of imide groups is 1. The highest BCUT2D eigenvalue weighted by Crippen LogP contribution is 2.18. The summed E-state index contributed by atoms with van der Waals surface area (Å²) in [5, 5.41) is 0.936. The first kappa shape index (κ1) is 21.5.